The lowest BCUT2D eigenvalue weighted by Crippen LogP contribution is -2.43. The Morgan fingerprint density at radius 3 is 3.07 bits per heavy atom. The van der Waals surface area contributed by atoms with Crippen molar-refractivity contribution in [2.75, 3.05) is 38.3 Å². The molecule has 1 saturated heterocycles. The molecule has 0 N–H and O–H groups in total. The SMILES string of the molecule is COCCc1noc(C2CCCCN2CC(=O)N2CCc3ccccc32)n1. The molecule has 144 valence electrons. The fourth-order valence-electron chi connectivity index (χ4n) is 4.01. The Kier molecular flexibility index (Phi) is 5.50. The standard InChI is InChI=1S/C20H26N4O3/c1-26-13-10-18-21-20(27-22-18)17-8-4-5-11-23(17)14-19(25)24-12-9-15-6-2-3-7-16(15)24/h2-3,6-7,17H,4-5,8-14H2,1H3. The lowest BCUT2D eigenvalue weighted by atomic mass is 10.0. The minimum absolute atomic E-state index is 0.0179. The van der Waals surface area contributed by atoms with Crippen LogP contribution in [-0.2, 0) is 22.4 Å². The number of anilines is 1. The number of methoxy groups -OCH3 is 1. The molecule has 1 unspecified atom stereocenters. The van der Waals surface area contributed by atoms with Gasteiger partial charge in [0.15, 0.2) is 5.82 Å². The summed E-state index contributed by atoms with van der Waals surface area (Å²) in [6, 6.07) is 8.18. The lowest BCUT2D eigenvalue weighted by Gasteiger charge is -2.33. The maximum Gasteiger partial charge on any atom is 0.244 e. The van der Waals surface area contributed by atoms with E-state index in [-0.39, 0.29) is 11.9 Å². The Morgan fingerprint density at radius 2 is 2.19 bits per heavy atom. The van der Waals surface area contributed by atoms with Crippen molar-refractivity contribution < 1.29 is 14.1 Å². The third-order valence-electron chi connectivity index (χ3n) is 5.44. The van der Waals surface area contributed by atoms with Gasteiger partial charge in [0.05, 0.1) is 19.2 Å². The minimum atomic E-state index is 0.0179. The smallest absolute Gasteiger partial charge is 0.244 e. The molecule has 0 radical (unpaired) electrons. The van der Waals surface area contributed by atoms with Crippen LogP contribution in [0.25, 0.3) is 0 Å². The first kappa shape index (κ1) is 18.1. The third-order valence-corrected chi connectivity index (χ3v) is 5.44. The van der Waals surface area contributed by atoms with Gasteiger partial charge in [-0.2, -0.15) is 4.98 Å². The second-order valence-corrected chi connectivity index (χ2v) is 7.20. The Hall–Kier alpha value is -2.25. The summed E-state index contributed by atoms with van der Waals surface area (Å²) < 4.78 is 10.6. The van der Waals surface area contributed by atoms with Crippen molar-refractivity contribution in [3.05, 3.63) is 41.5 Å². The molecule has 0 bridgehead atoms. The van der Waals surface area contributed by atoms with Gasteiger partial charge in [-0.3, -0.25) is 9.69 Å². The van der Waals surface area contributed by atoms with E-state index in [0.717, 1.165) is 44.5 Å². The topological polar surface area (TPSA) is 71.7 Å². The molecule has 2 aliphatic heterocycles. The number of piperidine rings is 1. The van der Waals surface area contributed by atoms with Gasteiger partial charge in [-0.1, -0.05) is 29.8 Å². The van der Waals surface area contributed by atoms with Crippen molar-refractivity contribution in [2.45, 2.75) is 38.1 Å². The summed E-state index contributed by atoms with van der Waals surface area (Å²) in [5.74, 6) is 1.43. The molecular weight excluding hydrogens is 344 g/mol. The first-order valence-corrected chi connectivity index (χ1v) is 9.70. The van der Waals surface area contributed by atoms with Gasteiger partial charge in [0, 0.05) is 25.8 Å². The molecule has 1 amide bonds. The number of amides is 1. The van der Waals surface area contributed by atoms with Gasteiger partial charge in [0.1, 0.15) is 0 Å². The highest BCUT2D eigenvalue weighted by atomic mass is 16.5. The van der Waals surface area contributed by atoms with E-state index >= 15 is 0 Å². The van der Waals surface area contributed by atoms with Crippen LogP contribution in [0.4, 0.5) is 5.69 Å². The predicted octanol–water partition coefficient (Wildman–Crippen LogP) is 2.37. The number of ether oxygens (including phenoxy) is 1. The van der Waals surface area contributed by atoms with E-state index in [9.17, 15) is 4.79 Å². The number of benzene rings is 1. The number of rotatable bonds is 6. The zero-order valence-electron chi connectivity index (χ0n) is 15.8. The summed E-state index contributed by atoms with van der Waals surface area (Å²) in [7, 11) is 1.66. The summed E-state index contributed by atoms with van der Waals surface area (Å²) in [6.45, 7) is 2.59. The molecule has 2 aliphatic rings. The molecule has 2 aromatic rings. The lowest BCUT2D eigenvalue weighted by molar-refractivity contribution is -0.120. The summed E-state index contributed by atoms with van der Waals surface area (Å²) in [5.41, 5.74) is 2.30. The van der Waals surface area contributed by atoms with Crippen LogP contribution in [0.15, 0.2) is 28.8 Å². The van der Waals surface area contributed by atoms with E-state index in [2.05, 4.69) is 21.1 Å². The number of carbonyl (C=O) groups is 1. The highest BCUT2D eigenvalue weighted by Gasteiger charge is 2.32. The first-order chi connectivity index (χ1) is 13.3. The summed E-state index contributed by atoms with van der Waals surface area (Å²) in [4.78, 5) is 21.6. The van der Waals surface area contributed by atoms with Crippen LogP contribution in [0.5, 0.6) is 0 Å². The second-order valence-electron chi connectivity index (χ2n) is 7.20. The van der Waals surface area contributed by atoms with Gasteiger partial charge in [0.2, 0.25) is 11.8 Å². The summed E-state index contributed by atoms with van der Waals surface area (Å²) in [6.07, 6.45) is 4.70. The van der Waals surface area contributed by atoms with Crippen molar-refractivity contribution >= 4 is 11.6 Å². The van der Waals surface area contributed by atoms with Crippen LogP contribution in [0.3, 0.4) is 0 Å². The number of para-hydroxylation sites is 1. The van der Waals surface area contributed by atoms with Crippen LogP contribution in [-0.4, -0.2) is 54.3 Å². The number of nitrogens with zero attached hydrogens (tertiary/aromatic N) is 4. The van der Waals surface area contributed by atoms with E-state index < -0.39 is 0 Å². The van der Waals surface area contributed by atoms with Crippen LogP contribution in [0.2, 0.25) is 0 Å². The molecule has 7 nitrogen and oxygen atoms in total. The van der Waals surface area contributed by atoms with Crippen molar-refractivity contribution in [1.82, 2.24) is 15.0 Å². The van der Waals surface area contributed by atoms with Crippen molar-refractivity contribution in [2.24, 2.45) is 0 Å². The largest absolute Gasteiger partial charge is 0.384 e. The molecule has 27 heavy (non-hydrogen) atoms. The molecular formula is C20H26N4O3. The zero-order valence-corrected chi connectivity index (χ0v) is 15.8. The Morgan fingerprint density at radius 1 is 1.30 bits per heavy atom. The molecule has 4 rings (SSSR count). The maximum absolute atomic E-state index is 13.0. The van der Waals surface area contributed by atoms with E-state index in [1.165, 1.54) is 5.56 Å². The molecule has 1 aromatic heterocycles. The molecule has 1 atom stereocenters. The van der Waals surface area contributed by atoms with Crippen molar-refractivity contribution in [1.29, 1.82) is 0 Å². The van der Waals surface area contributed by atoms with Gasteiger partial charge < -0.3 is 14.2 Å². The fourth-order valence-corrected chi connectivity index (χ4v) is 4.01. The first-order valence-electron chi connectivity index (χ1n) is 9.70. The minimum Gasteiger partial charge on any atom is -0.384 e. The number of aromatic nitrogens is 2. The Balaban J connectivity index is 1.45. The molecule has 0 saturated carbocycles. The fraction of sp³-hybridized carbons (Fsp3) is 0.550. The van der Waals surface area contributed by atoms with Crippen LogP contribution < -0.4 is 4.90 Å². The number of carbonyl (C=O) groups excluding carboxylic acids is 1. The second kappa shape index (κ2) is 8.19. The van der Waals surface area contributed by atoms with Gasteiger partial charge in [-0.25, -0.2) is 0 Å². The number of fused-ring (bicyclic) bond motifs is 1. The zero-order chi connectivity index (χ0) is 18.6. The van der Waals surface area contributed by atoms with Crippen molar-refractivity contribution in [3.8, 4) is 0 Å². The molecule has 0 aliphatic carbocycles. The van der Waals surface area contributed by atoms with Gasteiger partial charge >= 0.3 is 0 Å². The number of hydrogen-bond acceptors (Lipinski definition) is 6. The van der Waals surface area contributed by atoms with E-state index in [4.69, 9.17) is 9.26 Å². The number of hydrogen-bond donors (Lipinski definition) is 0. The van der Waals surface area contributed by atoms with E-state index in [0.29, 0.717) is 31.3 Å². The van der Waals surface area contributed by atoms with Gasteiger partial charge in [-0.15, -0.1) is 0 Å². The Bertz CT molecular complexity index is 791. The predicted molar refractivity (Wildman–Crippen MR) is 101 cm³/mol. The maximum atomic E-state index is 13.0. The van der Waals surface area contributed by atoms with Crippen LogP contribution in [0.1, 0.15) is 42.6 Å². The molecule has 3 heterocycles. The molecule has 1 fully saturated rings. The van der Waals surface area contributed by atoms with Crippen LogP contribution in [0, 0.1) is 0 Å². The van der Waals surface area contributed by atoms with E-state index in [1.54, 1.807) is 7.11 Å². The van der Waals surface area contributed by atoms with Crippen molar-refractivity contribution in [3.63, 3.8) is 0 Å². The van der Waals surface area contributed by atoms with Gasteiger partial charge in [0.25, 0.3) is 0 Å². The number of likely N-dealkylation sites (tertiary alicyclic amines) is 1. The average molecular weight is 370 g/mol. The normalized spacial score (nSPS) is 20.0. The summed E-state index contributed by atoms with van der Waals surface area (Å²) in [5, 5.41) is 4.06. The van der Waals surface area contributed by atoms with Gasteiger partial charge in [-0.05, 0) is 37.4 Å². The molecule has 1 aromatic carbocycles. The molecule has 0 spiro atoms. The third kappa shape index (κ3) is 3.89. The average Bonchev–Trinajstić information content (AvgIpc) is 3.34. The highest BCUT2D eigenvalue weighted by Crippen LogP contribution is 2.31. The van der Waals surface area contributed by atoms with E-state index in [1.807, 2.05) is 23.1 Å². The molecule has 7 heteroatoms. The summed E-state index contributed by atoms with van der Waals surface area (Å²) >= 11 is 0. The highest BCUT2D eigenvalue weighted by molar-refractivity contribution is 5.96. The monoisotopic (exact) mass is 370 g/mol. The Labute approximate surface area is 159 Å². The quantitative estimate of drug-likeness (QED) is 0.777. The van der Waals surface area contributed by atoms with Crippen LogP contribution >= 0.6 is 0 Å².